The number of carbonyl (C=O) groups is 1. The minimum absolute atomic E-state index is 0. The number of nitrogens with one attached hydrogen (secondary N) is 3. The average Bonchev–Trinajstić information content (AvgIpc) is 3.31. The van der Waals surface area contributed by atoms with Crippen LogP contribution in [0.1, 0.15) is 12.0 Å². The molecule has 1 atom stereocenters. The van der Waals surface area contributed by atoms with Gasteiger partial charge in [-0.3, -0.25) is 9.79 Å². The summed E-state index contributed by atoms with van der Waals surface area (Å²) in [6.07, 6.45) is 3.43. The van der Waals surface area contributed by atoms with Crippen LogP contribution in [0.5, 0.6) is 0 Å². The Morgan fingerprint density at radius 2 is 1.93 bits per heavy atom. The first-order chi connectivity index (χ1) is 13.7. The molecule has 1 aliphatic heterocycles. The number of halogens is 1. The molecule has 1 aromatic heterocycles. The lowest BCUT2D eigenvalue weighted by atomic mass is 10.1. The molecule has 0 saturated carbocycles. The zero-order chi connectivity index (χ0) is 19.3. The van der Waals surface area contributed by atoms with Gasteiger partial charge in [-0.1, -0.05) is 36.4 Å². The molecule has 29 heavy (non-hydrogen) atoms. The predicted molar refractivity (Wildman–Crippen MR) is 129 cm³/mol. The van der Waals surface area contributed by atoms with Crippen LogP contribution >= 0.6 is 24.0 Å². The molecule has 1 aliphatic rings. The van der Waals surface area contributed by atoms with E-state index in [0.717, 1.165) is 30.1 Å². The molecule has 1 unspecified atom stereocenters. The number of H-pyrrole nitrogens is 1. The number of anilines is 1. The molecule has 2 heterocycles. The third kappa shape index (κ3) is 4.90. The van der Waals surface area contributed by atoms with Gasteiger partial charge in [-0.2, -0.15) is 0 Å². The molecule has 152 valence electrons. The zero-order valence-corrected chi connectivity index (χ0v) is 18.7. The Labute approximate surface area is 187 Å². The molecule has 3 aromatic rings. The van der Waals surface area contributed by atoms with Crippen molar-refractivity contribution in [1.29, 1.82) is 0 Å². The van der Waals surface area contributed by atoms with Gasteiger partial charge in [0.2, 0.25) is 5.91 Å². The van der Waals surface area contributed by atoms with Crippen LogP contribution in [0.2, 0.25) is 0 Å². The highest BCUT2D eigenvalue weighted by Crippen LogP contribution is 2.21. The van der Waals surface area contributed by atoms with Crippen LogP contribution in [-0.2, 0) is 11.2 Å². The second-order valence-electron chi connectivity index (χ2n) is 6.99. The van der Waals surface area contributed by atoms with Gasteiger partial charge >= 0.3 is 0 Å². The van der Waals surface area contributed by atoms with E-state index in [-0.39, 0.29) is 35.9 Å². The molecule has 1 amide bonds. The number of rotatable bonds is 5. The number of hydrogen-bond donors (Lipinski definition) is 3. The van der Waals surface area contributed by atoms with E-state index >= 15 is 0 Å². The number of hydrogen-bond acceptors (Lipinski definition) is 2. The molecule has 0 spiro atoms. The smallest absolute Gasteiger partial charge is 0.229 e. The maximum Gasteiger partial charge on any atom is 0.229 e. The number of carbonyl (C=O) groups excluding carboxylic acids is 1. The predicted octanol–water partition coefficient (Wildman–Crippen LogP) is 3.30. The highest BCUT2D eigenvalue weighted by atomic mass is 127. The maximum absolute atomic E-state index is 12.4. The Hall–Kier alpha value is -2.55. The Bertz CT molecular complexity index is 985. The first-order valence-electron chi connectivity index (χ1n) is 9.62. The average molecular weight is 503 g/mol. The highest BCUT2D eigenvalue weighted by Gasteiger charge is 2.30. The van der Waals surface area contributed by atoms with E-state index in [1.165, 1.54) is 10.9 Å². The summed E-state index contributed by atoms with van der Waals surface area (Å²) >= 11 is 0. The Balaban J connectivity index is 0.00000240. The zero-order valence-electron chi connectivity index (χ0n) is 16.4. The lowest BCUT2D eigenvalue weighted by molar-refractivity contribution is -0.117. The van der Waals surface area contributed by atoms with E-state index in [1.54, 1.807) is 7.05 Å². The van der Waals surface area contributed by atoms with Crippen molar-refractivity contribution in [2.24, 2.45) is 4.99 Å². The van der Waals surface area contributed by atoms with Gasteiger partial charge in [-0.15, -0.1) is 24.0 Å². The van der Waals surface area contributed by atoms with E-state index in [0.29, 0.717) is 13.0 Å². The van der Waals surface area contributed by atoms with Gasteiger partial charge in [0.1, 0.15) is 0 Å². The number of benzene rings is 2. The number of amides is 1. The minimum atomic E-state index is 0. The molecular formula is C22H26IN5O. The fourth-order valence-corrected chi connectivity index (χ4v) is 3.70. The van der Waals surface area contributed by atoms with Crippen LogP contribution in [0.25, 0.3) is 10.9 Å². The summed E-state index contributed by atoms with van der Waals surface area (Å²) in [6, 6.07) is 18.2. The molecule has 0 radical (unpaired) electrons. The fourth-order valence-electron chi connectivity index (χ4n) is 3.70. The van der Waals surface area contributed by atoms with Crippen molar-refractivity contribution in [3.05, 3.63) is 66.4 Å². The molecule has 1 saturated heterocycles. The lowest BCUT2D eigenvalue weighted by Gasteiger charge is -2.19. The SMILES string of the molecule is CN=C(NCCc1c[nH]c2ccccc12)NC1CC(=O)N(c2ccccc2)C1.I. The third-order valence-electron chi connectivity index (χ3n) is 5.12. The van der Waals surface area contributed by atoms with Crippen LogP contribution in [0.3, 0.4) is 0 Å². The molecule has 7 heteroatoms. The molecule has 3 N–H and O–H groups in total. The van der Waals surface area contributed by atoms with Gasteiger partial charge in [0.05, 0.1) is 6.04 Å². The van der Waals surface area contributed by atoms with Gasteiger partial charge in [-0.25, -0.2) is 0 Å². The van der Waals surface area contributed by atoms with Crippen molar-refractivity contribution < 1.29 is 4.79 Å². The standard InChI is InChI=1S/C22H25N5O.HI/c1-23-22(24-12-11-16-14-25-20-10-6-5-9-19(16)20)26-17-13-21(28)27(15-17)18-7-3-2-4-8-18;/h2-10,14,17,25H,11-13,15H2,1H3,(H2,23,24,26);1H. The quantitative estimate of drug-likeness (QED) is 0.284. The largest absolute Gasteiger partial charge is 0.361 e. The van der Waals surface area contributed by atoms with Crippen LogP contribution in [0.15, 0.2) is 65.8 Å². The Kier molecular flexibility index (Phi) is 7.13. The van der Waals surface area contributed by atoms with Crippen LogP contribution in [0.4, 0.5) is 5.69 Å². The number of aliphatic imine (C=N–C) groups is 1. The van der Waals surface area contributed by atoms with Gasteiger partial charge in [0, 0.05) is 49.3 Å². The molecule has 2 aromatic carbocycles. The van der Waals surface area contributed by atoms with Gasteiger partial charge < -0.3 is 20.5 Å². The van der Waals surface area contributed by atoms with Gasteiger partial charge in [0.15, 0.2) is 5.96 Å². The monoisotopic (exact) mass is 503 g/mol. The van der Waals surface area contributed by atoms with Crippen molar-refractivity contribution in [2.45, 2.75) is 18.9 Å². The molecule has 6 nitrogen and oxygen atoms in total. The van der Waals surface area contributed by atoms with Crippen molar-refractivity contribution in [3.8, 4) is 0 Å². The first-order valence-corrected chi connectivity index (χ1v) is 9.62. The molecule has 0 aliphatic carbocycles. The molecular weight excluding hydrogens is 477 g/mol. The van der Waals surface area contributed by atoms with E-state index < -0.39 is 0 Å². The summed E-state index contributed by atoms with van der Waals surface area (Å²) in [5, 5.41) is 8.00. The van der Waals surface area contributed by atoms with Crippen LogP contribution in [-0.4, -0.2) is 43.0 Å². The second-order valence-corrected chi connectivity index (χ2v) is 6.99. The number of nitrogens with zero attached hydrogens (tertiary/aromatic N) is 2. The van der Waals surface area contributed by atoms with Gasteiger partial charge in [-0.05, 0) is 30.2 Å². The topological polar surface area (TPSA) is 72.5 Å². The number of fused-ring (bicyclic) bond motifs is 1. The highest BCUT2D eigenvalue weighted by molar-refractivity contribution is 14.0. The maximum atomic E-state index is 12.4. The summed E-state index contributed by atoms with van der Waals surface area (Å²) in [4.78, 5) is 21.8. The van der Waals surface area contributed by atoms with Crippen molar-refractivity contribution in [3.63, 3.8) is 0 Å². The summed E-state index contributed by atoms with van der Waals surface area (Å²) in [5.74, 6) is 0.866. The number of aromatic amines is 1. The van der Waals surface area contributed by atoms with E-state index in [4.69, 9.17) is 0 Å². The minimum Gasteiger partial charge on any atom is -0.361 e. The number of guanidine groups is 1. The Morgan fingerprint density at radius 3 is 2.72 bits per heavy atom. The molecule has 1 fully saturated rings. The summed E-state index contributed by atoms with van der Waals surface area (Å²) in [7, 11) is 1.76. The fraction of sp³-hybridized carbons (Fsp3) is 0.273. The molecule has 0 bridgehead atoms. The van der Waals surface area contributed by atoms with Crippen molar-refractivity contribution in [1.82, 2.24) is 15.6 Å². The summed E-state index contributed by atoms with van der Waals surface area (Å²) < 4.78 is 0. The van der Waals surface area contributed by atoms with Crippen LogP contribution < -0.4 is 15.5 Å². The van der Waals surface area contributed by atoms with Crippen molar-refractivity contribution >= 4 is 52.4 Å². The second kappa shape index (κ2) is 9.78. The van der Waals surface area contributed by atoms with E-state index in [9.17, 15) is 4.79 Å². The third-order valence-corrected chi connectivity index (χ3v) is 5.12. The normalized spacial score (nSPS) is 16.7. The number of aromatic nitrogens is 1. The number of para-hydroxylation sites is 2. The van der Waals surface area contributed by atoms with E-state index in [2.05, 4.69) is 45.0 Å². The van der Waals surface area contributed by atoms with Gasteiger partial charge in [0.25, 0.3) is 0 Å². The van der Waals surface area contributed by atoms with Crippen LogP contribution in [0, 0.1) is 0 Å². The summed E-state index contributed by atoms with van der Waals surface area (Å²) in [6.45, 7) is 1.41. The molecule has 4 rings (SSSR count). The summed E-state index contributed by atoms with van der Waals surface area (Å²) in [5.41, 5.74) is 3.38. The van der Waals surface area contributed by atoms with E-state index in [1.807, 2.05) is 41.3 Å². The lowest BCUT2D eigenvalue weighted by Crippen LogP contribution is -2.45. The first kappa shape index (κ1) is 21.2. The Morgan fingerprint density at radius 1 is 1.17 bits per heavy atom. The van der Waals surface area contributed by atoms with Crippen molar-refractivity contribution in [2.75, 3.05) is 25.0 Å².